The van der Waals surface area contributed by atoms with E-state index in [0.29, 0.717) is 23.7 Å². The quantitative estimate of drug-likeness (QED) is 0.872. The van der Waals surface area contributed by atoms with Gasteiger partial charge in [-0.25, -0.2) is 9.97 Å². The Morgan fingerprint density at radius 2 is 1.72 bits per heavy atom. The van der Waals surface area contributed by atoms with Crippen LogP contribution in [0, 0.1) is 5.92 Å². The van der Waals surface area contributed by atoms with E-state index in [1.54, 1.807) is 6.33 Å². The molecule has 4 heteroatoms. The molecule has 0 bridgehead atoms. The number of nitrogens with two attached hydrogens (primary N) is 1. The molecule has 1 heterocycles. The lowest BCUT2D eigenvalue weighted by molar-refractivity contribution is 0.562. The lowest BCUT2D eigenvalue weighted by atomic mass is 10.0. The Hall–Kier alpha value is -1.32. The fraction of sp³-hybridized carbons (Fsp3) is 0.714. The molecule has 1 aromatic heterocycles. The summed E-state index contributed by atoms with van der Waals surface area (Å²) in [6.45, 7) is 14.0. The SMILES string of the molecule is CC(C)CN(c1ncnc(N)c1C(C)C)C(C)C. The van der Waals surface area contributed by atoms with Gasteiger partial charge in [0.2, 0.25) is 0 Å². The largest absolute Gasteiger partial charge is 0.383 e. The average Bonchev–Trinajstić information content (AvgIpc) is 2.24. The van der Waals surface area contributed by atoms with Crippen LogP contribution >= 0.6 is 0 Å². The molecule has 0 atom stereocenters. The Balaban J connectivity index is 3.23. The summed E-state index contributed by atoms with van der Waals surface area (Å²) >= 11 is 0. The number of hydrogen-bond acceptors (Lipinski definition) is 4. The molecule has 1 aromatic rings. The van der Waals surface area contributed by atoms with Crippen molar-refractivity contribution in [1.82, 2.24) is 9.97 Å². The van der Waals surface area contributed by atoms with Crippen LogP contribution in [0.4, 0.5) is 11.6 Å². The topological polar surface area (TPSA) is 55.0 Å². The molecule has 0 aromatic carbocycles. The molecule has 0 aliphatic heterocycles. The molecule has 0 saturated carbocycles. The van der Waals surface area contributed by atoms with Crippen molar-refractivity contribution in [3.8, 4) is 0 Å². The number of anilines is 2. The Kier molecular flexibility index (Phi) is 4.93. The van der Waals surface area contributed by atoms with Crippen molar-refractivity contribution in [2.24, 2.45) is 5.92 Å². The number of nitrogen functional groups attached to an aromatic ring is 1. The van der Waals surface area contributed by atoms with Crippen LogP contribution in [0.25, 0.3) is 0 Å². The number of rotatable bonds is 5. The van der Waals surface area contributed by atoms with Crippen LogP contribution in [0.15, 0.2) is 6.33 Å². The molecular weight excluding hydrogens is 224 g/mol. The Morgan fingerprint density at radius 3 is 2.17 bits per heavy atom. The second kappa shape index (κ2) is 6.03. The summed E-state index contributed by atoms with van der Waals surface area (Å²) in [5.74, 6) is 2.50. The van der Waals surface area contributed by atoms with Crippen LogP contribution in [-0.4, -0.2) is 22.6 Å². The van der Waals surface area contributed by atoms with Crippen molar-refractivity contribution in [2.75, 3.05) is 17.2 Å². The smallest absolute Gasteiger partial charge is 0.137 e. The van der Waals surface area contributed by atoms with Crippen molar-refractivity contribution >= 4 is 11.6 Å². The zero-order chi connectivity index (χ0) is 13.9. The van der Waals surface area contributed by atoms with Gasteiger partial charge < -0.3 is 10.6 Å². The van der Waals surface area contributed by atoms with Crippen LogP contribution < -0.4 is 10.6 Å². The first-order chi connectivity index (χ1) is 8.34. The molecule has 0 aliphatic carbocycles. The minimum absolute atomic E-state index is 0.328. The highest BCUT2D eigenvalue weighted by Gasteiger charge is 2.21. The first kappa shape index (κ1) is 14.7. The van der Waals surface area contributed by atoms with E-state index in [1.807, 2.05) is 0 Å². The van der Waals surface area contributed by atoms with Crippen LogP contribution in [0.3, 0.4) is 0 Å². The van der Waals surface area contributed by atoms with Crippen molar-refractivity contribution < 1.29 is 0 Å². The molecule has 4 nitrogen and oxygen atoms in total. The lowest BCUT2D eigenvalue weighted by Gasteiger charge is -2.32. The fourth-order valence-corrected chi connectivity index (χ4v) is 2.12. The number of hydrogen-bond donors (Lipinski definition) is 1. The third kappa shape index (κ3) is 3.34. The molecule has 0 saturated heterocycles. The van der Waals surface area contributed by atoms with Gasteiger partial charge in [-0.15, -0.1) is 0 Å². The molecule has 18 heavy (non-hydrogen) atoms. The standard InChI is InChI=1S/C14H26N4/c1-9(2)7-18(11(5)6)14-12(10(3)4)13(15)16-8-17-14/h8-11H,7H2,1-6H3,(H2,15,16,17). The van der Waals surface area contributed by atoms with Gasteiger partial charge in [0, 0.05) is 18.2 Å². The molecule has 0 unspecified atom stereocenters. The van der Waals surface area contributed by atoms with E-state index in [0.717, 1.165) is 17.9 Å². The van der Waals surface area contributed by atoms with E-state index in [-0.39, 0.29) is 0 Å². The summed E-state index contributed by atoms with van der Waals surface area (Å²) in [5, 5.41) is 0. The summed E-state index contributed by atoms with van der Waals surface area (Å²) in [5.41, 5.74) is 7.08. The minimum Gasteiger partial charge on any atom is -0.383 e. The molecule has 0 aliphatic rings. The zero-order valence-corrected chi connectivity index (χ0v) is 12.4. The maximum Gasteiger partial charge on any atom is 0.137 e. The van der Waals surface area contributed by atoms with E-state index in [2.05, 4.69) is 56.4 Å². The van der Waals surface area contributed by atoms with Crippen molar-refractivity contribution in [3.05, 3.63) is 11.9 Å². The first-order valence-corrected chi connectivity index (χ1v) is 6.71. The second-order valence-electron chi connectivity index (χ2n) is 5.79. The van der Waals surface area contributed by atoms with E-state index in [4.69, 9.17) is 5.73 Å². The van der Waals surface area contributed by atoms with Crippen LogP contribution in [-0.2, 0) is 0 Å². The van der Waals surface area contributed by atoms with Gasteiger partial charge in [-0.3, -0.25) is 0 Å². The monoisotopic (exact) mass is 250 g/mol. The van der Waals surface area contributed by atoms with E-state index in [9.17, 15) is 0 Å². The molecule has 2 N–H and O–H groups in total. The van der Waals surface area contributed by atoms with Gasteiger partial charge >= 0.3 is 0 Å². The minimum atomic E-state index is 0.328. The third-order valence-electron chi connectivity index (χ3n) is 2.93. The molecule has 0 spiro atoms. The summed E-state index contributed by atoms with van der Waals surface area (Å²) in [7, 11) is 0. The Labute approximate surface area is 111 Å². The summed E-state index contributed by atoms with van der Waals surface area (Å²) < 4.78 is 0. The molecule has 102 valence electrons. The van der Waals surface area contributed by atoms with Crippen LogP contribution in [0.1, 0.15) is 53.0 Å². The highest BCUT2D eigenvalue weighted by Crippen LogP contribution is 2.30. The van der Waals surface area contributed by atoms with Crippen LogP contribution in [0.5, 0.6) is 0 Å². The maximum atomic E-state index is 6.01. The van der Waals surface area contributed by atoms with Gasteiger partial charge in [-0.1, -0.05) is 27.7 Å². The summed E-state index contributed by atoms with van der Waals surface area (Å²) in [4.78, 5) is 10.9. The fourth-order valence-electron chi connectivity index (χ4n) is 2.12. The predicted octanol–water partition coefficient (Wildman–Crippen LogP) is 3.05. The van der Waals surface area contributed by atoms with Gasteiger partial charge in [0.05, 0.1) is 0 Å². The zero-order valence-electron chi connectivity index (χ0n) is 12.4. The highest BCUT2D eigenvalue weighted by molar-refractivity contribution is 5.58. The molecular formula is C14H26N4. The summed E-state index contributed by atoms with van der Waals surface area (Å²) in [6, 6.07) is 0.402. The first-order valence-electron chi connectivity index (χ1n) is 6.71. The van der Waals surface area contributed by atoms with Gasteiger partial charge in [-0.2, -0.15) is 0 Å². The normalized spacial score (nSPS) is 11.6. The second-order valence-corrected chi connectivity index (χ2v) is 5.79. The van der Waals surface area contributed by atoms with Crippen LogP contribution in [0.2, 0.25) is 0 Å². The Morgan fingerprint density at radius 1 is 1.11 bits per heavy atom. The van der Waals surface area contributed by atoms with Gasteiger partial charge in [-0.05, 0) is 25.7 Å². The molecule has 0 fully saturated rings. The van der Waals surface area contributed by atoms with E-state index >= 15 is 0 Å². The predicted molar refractivity (Wildman–Crippen MR) is 77.9 cm³/mol. The molecule has 1 rings (SSSR count). The lowest BCUT2D eigenvalue weighted by Crippen LogP contribution is -2.36. The van der Waals surface area contributed by atoms with Gasteiger partial charge in [0.15, 0.2) is 0 Å². The number of aromatic nitrogens is 2. The van der Waals surface area contributed by atoms with Crippen molar-refractivity contribution in [3.63, 3.8) is 0 Å². The number of nitrogens with zero attached hydrogens (tertiary/aromatic N) is 3. The van der Waals surface area contributed by atoms with Gasteiger partial charge in [0.1, 0.15) is 18.0 Å². The highest BCUT2D eigenvalue weighted by atomic mass is 15.2. The average molecular weight is 250 g/mol. The molecule has 0 radical (unpaired) electrons. The van der Waals surface area contributed by atoms with E-state index in [1.165, 1.54) is 0 Å². The molecule has 0 amide bonds. The van der Waals surface area contributed by atoms with Crippen molar-refractivity contribution in [1.29, 1.82) is 0 Å². The van der Waals surface area contributed by atoms with Crippen molar-refractivity contribution in [2.45, 2.75) is 53.5 Å². The van der Waals surface area contributed by atoms with Gasteiger partial charge in [0.25, 0.3) is 0 Å². The van der Waals surface area contributed by atoms with E-state index < -0.39 is 0 Å². The third-order valence-corrected chi connectivity index (χ3v) is 2.93. The summed E-state index contributed by atoms with van der Waals surface area (Å²) in [6.07, 6.45) is 1.56. The maximum absolute atomic E-state index is 6.01. The Bertz CT molecular complexity index is 385.